The highest BCUT2D eigenvalue weighted by Crippen LogP contribution is 2.22. The van der Waals surface area contributed by atoms with Crippen LogP contribution in [0.5, 0.6) is 5.75 Å². The first-order valence-electron chi connectivity index (χ1n) is 8.76. The van der Waals surface area contributed by atoms with Crippen LogP contribution in [0.4, 0.5) is 11.4 Å². The van der Waals surface area contributed by atoms with E-state index in [1.807, 2.05) is 43.3 Å². The van der Waals surface area contributed by atoms with Gasteiger partial charge in [0.15, 0.2) is 0 Å². The molecule has 26 heavy (non-hydrogen) atoms. The van der Waals surface area contributed by atoms with Gasteiger partial charge >= 0.3 is 0 Å². The van der Waals surface area contributed by atoms with Gasteiger partial charge in [0.25, 0.3) is 0 Å². The number of hydrogen-bond acceptors (Lipinski definition) is 4. The topological polar surface area (TPSA) is 44.8 Å². The molecule has 5 nitrogen and oxygen atoms in total. The van der Waals surface area contributed by atoms with E-state index in [1.165, 1.54) is 0 Å². The predicted octanol–water partition coefficient (Wildman–Crippen LogP) is 3.61. The smallest absolute Gasteiger partial charge is 0.241 e. The molecule has 1 atom stereocenters. The second-order valence-electron chi connectivity index (χ2n) is 6.40. The van der Waals surface area contributed by atoms with Crippen LogP contribution in [0, 0.1) is 0 Å². The van der Waals surface area contributed by atoms with Gasteiger partial charge in [-0.15, -0.1) is 0 Å². The van der Waals surface area contributed by atoms with Gasteiger partial charge in [0.1, 0.15) is 5.75 Å². The molecule has 0 spiro atoms. The van der Waals surface area contributed by atoms with E-state index in [0.29, 0.717) is 0 Å². The number of nitrogens with one attached hydrogen (secondary N) is 1. The lowest BCUT2D eigenvalue weighted by atomic mass is 10.2. The number of halogens is 1. The number of ether oxygens (including phenoxy) is 1. The number of carbonyl (C=O) groups excluding carboxylic acids is 1. The van der Waals surface area contributed by atoms with Crippen molar-refractivity contribution in [1.29, 1.82) is 0 Å². The van der Waals surface area contributed by atoms with Crippen LogP contribution in [0.25, 0.3) is 0 Å². The molecule has 2 aromatic carbocycles. The molecule has 1 fully saturated rings. The Morgan fingerprint density at radius 3 is 2.46 bits per heavy atom. The summed E-state index contributed by atoms with van der Waals surface area (Å²) in [5.41, 5.74) is 1.98. The molecule has 1 saturated heterocycles. The minimum atomic E-state index is -0.161. The molecule has 0 aromatic heterocycles. The number of methoxy groups -OCH3 is 1. The minimum absolute atomic E-state index is 0.0298. The molecule has 0 radical (unpaired) electrons. The van der Waals surface area contributed by atoms with Crippen LogP contribution in [0.1, 0.15) is 6.92 Å². The molecule has 1 aliphatic heterocycles. The summed E-state index contributed by atoms with van der Waals surface area (Å²) in [5.74, 6) is 0.898. The summed E-state index contributed by atoms with van der Waals surface area (Å²) in [6.07, 6.45) is 0. The first-order chi connectivity index (χ1) is 12.6. The number of hydrogen-bond donors (Lipinski definition) is 1. The number of amides is 1. The number of anilines is 2. The molecular weight excluding hydrogens is 394 g/mol. The maximum atomic E-state index is 12.5. The Labute approximate surface area is 163 Å². The van der Waals surface area contributed by atoms with Gasteiger partial charge in [0.2, 0.25) is 5.91 Å². The van der Waals surface area contributed by atoms with Crippen molar-refractivity contribution in [2.75, 3.05) is 43.5 Å². The fourth-order valence-corrected chi connectivity index (χ4v) is 3.38. The van der Waals surface area contributed by atoms with Crippen LogP contribution in [-0.4, -0.2) is 50.1 Å². The quantitative estimate of drug-likeness (QED) is 0.806. The molecular formula is C20H24BrN3O2. The summed E-state index contributed by atoms with van der Waals surface area (Å²) in [6.45, 7) is 5.46. The van der Waals surface area contributed by atoms with Gasteiger partial charge in [0.05, 0.1) is 13.2 Å². The van der Waals surface area contributed by atoms with Crippen molar-refractivity contribution in [3.63, 3.8) is 0 Å². The van der Waals surface area contributed by atoms with Crippen molar-refractivity contribution in [2.45, 2.75) is 13.0 Å². The first-order valence-corrected chi connectivity index (χ1v) is 9.55. The highest BCUT2D eigenvalue weighted by atomic mass is 79.9. The van der Waals surface area contributed by atoms with Crippen LogP contribution in [0.15, 0.2) is 53.0 Å². The maximum absolute atomic E-state index is 12.5. The highest BCUT2D eigenvalue weighted by Gasteiger charge is 2.25. The van der Waals surface area contributed by atoms with Crippen molar-refractivity contribution < 1.29 is 9.53 Å². The minimum Gasteiger partial charge on any atom is -0.497 e. The normalized spacial score (nSPS) is 16.2. The summed E-state index contributed by atoms with van der Waals surface area (Å²) >= 11 is 3.40. The lowest BCUT2D eigenvalue weighted by molar-refractivity contribution is -0.120. The standard InChI is InChI=1S/C20H24BrN3O2/c1-15(20(25)22-17-8-6-16(21)7-9-17)23-10-12-24(13-11-23)18-4-3-5-19(14-18)26-2/h3-9,14-15H,10-13H2,1-2H3,(H,22,25). The van der Waals surface area contributed by atoms with Gasteiger partial charge in [-0.1, -0.05) is 22.0 Å². The second-order valence-corrected chi connectivity index (χ2v) is 7.31. The van der Waals surface area contributed by atoms with E-state index in [0.717, 1.165) is 47.8 Å². The Kier molecular flexibility index (Phi) is 6.16. The molecule has 0 saturated carbocycles. The molecule has 1 unspecified atom stereocenters. The molecule has 0 bridgehead atoms. The SMILES string of the molecule is COc1cccc(N2CCN(C(C)C(=O)Nc3ccc(Br)cc3)CC2)c1. The summed E-state index contributed by atoms with van der Waals surface area (Å²) in [4.78, 5) is 17.1. The summed E-state index contributed by atoms with van der Waals surface area (Å²) in [5, 5.41) is 2.99. The van der Waals surface area contributed by atoms with E-state index in [-0.39, 0.29) is 11.9 Å². The van der Waals surface area contributed by atoms with Gasteiger partial charge in [-0.05, 0) is 43.3 Å². The lowest BCUT2D eigenvalue weighted by Crippen LogP contribution is -2.52. The molecule has 3 rings (SSSR count). The maximum Gasteiger partial charge on any atom is 0.241 e. The Morgan fingerprint density at radius 2 is 1.81 bits per heavy atom. The van der Waals surface area contributed by atoms with Crippen LogP contribution in [0.2, 0.25) is 0 Å². The third-order valence-corrected chi connectivity index (χ3v) is 5.30. The molecule has 2 aromatic rings. The van der Waals surface area contributed by atoms with Crippen LogP contribution >= 0.6 is 15.9 Å². The van der Waals surface area contributed by atoms with E-state index in [1.54, 1.807) is 7.11 Å². The fraction of sp³-hybridized carbons (Fsp3) is 0.350. The number of carbonyl (C=O) groups is 1. The summed E-state index contributed by atoms with van der Waals surface area (Å²) in [6, 6.07) is 15.6. The fourth-order valence-electron chi connectivity index (χ4n) is 3.12. The lowest BCUT2D eigenvalue weighted by Gasteiger charge is -2.38. The third kappa shape index (κ3) is 4.56. The molecule has 1 amide bonds. The molecule has 1 N–H and O–H groups in total. The zero-order chi connectivity index (χ0) is 18.5. The van der Waals surface area contributed by atoms with Crippen molar-refractivity contribution >= 4 is 33.2 Å². The van der Waals surface area contributed by atoms with Crippen LogP contribution < -0.4 is 15.0 Å². The van der Waals surface area contributed by atoms with Crippen molar-refractivity contribution in [3.8, 4) is 5.75 Å². The second kappa shape index (κ2) is 8.56. The Morgan fingerprint density at radius 1 is 1.12 bits per heavy atom. The number of nitrogens with zero attached hydrogens (tertiary/aromatic N) is 2. The summed E-state index contributed by atoms with van der Waals surface area (Å²) < 4.78 is 6.30. The monoisotopic (exact) mass is 417 g/mol. The largest absolute Gasteiger partial charge is 0.497 e. The molecule has 138 valence electrons. The Hall–Kier alpha value is -2.05. The zero-order valence-electron chi connectivity index (χ0n) is 15.1. The molecule has 0 aliphatic carbocycles. The van der Waals surface area contributed by atoms with E-state index in [4.69, 9.17) is 4.74 Å². The average Bonchev–Trinajstić information content (AvgIpc) is 2.69. The number of rotatable bonds is 5. The molecule has 1 aliphatic rings. The van der Waals surface area contributed by atoms with Crippen molar-refractivity contribution in [3.05, 3.63) is 53.0 Å². The highest BCUT2D eigenvalue weighted by molar-refractivity contribution is 9.10. The van der Waals surface area contributed by atoms with Crippen LogP contribution in [0.3, 0.4) is 0 Å². The molecule has 6 heteroatoms. The van der Waals surface area contributed by atoms with Crippen molar-refractivity contribution in [1.82, 2.24) is 4.90 Å². The van der Waals surface area contributed by atoms with Crippen molar-refractivity contribution in [2.24, 2.45) is 0 Å². The van der Waals surface area contributed by atoms with Gasteiger partial charge in [-0.3, -0.25) is 9.69 Å². The first kappa shape index (κ1) is 18.7. The van der Waals surface area contributed by atoms with E-state index < -0.39 is 0 Å². The van der Waals surface area contributed by atoms with E-state index >= 15 is 0 Å². The number of benzene rings is 2. The third-order valence-electron chi connectivity index (χ3n) is 4.77. The van der Waals surface area contributed by atoms with Crippen LogP contribution in [-0.2, 0) is 4.79 Å². The zero-order valence-corrected chi connectivity index (χ0v) is 16.7. The van der Waals surface area contributed by atoms with Gasteiger partial charge in [-0.2, -0.15) is 0 Å². The predicted molar refractivity (Wildman–Crippen MR) is 109 cm³/mol. The van der Waals surface area contributed by atoms with E-state index in [2.05, 4.69) is 43.2 Å². The Balaban J connectivity index is 1.55. The summed E-state index contributed by atoms with van der Waals surface area (Å²) in [7, 11) is 1.68. The Bertz CT molecular complexity index is 743. The average molecular weight is 418 g/mol. The van der Waals surface area contributed by atoms with Gasteiger partial charge < -0.3 is 15.0 Å². The molecule has 1 heterocycles. The van der Waals surface area contributed by atoms with Gasteiger partial charge in [0, 0.05) is 48.1 Å². The van der Waals surface area contributed by atoms with Gasteiger partial charge in [-0.25, -0.2) is 0 Å². The number of piperazine rings is 1. The van der Waals surface area contributed by atoms with E-state index in [9.17, 15) is 4.79 Å².